The van der Waals surface area contributed by atoms with Gasteiger partial charge in [-0.25, -0.2) is 4.39 Å². The number of hydrogen-bond acceptors (Lipinski definition) is 0. The maximum Gasteiger partial charge on any atom is 0.126 e. The van der Waals surface area contributed by atoms with E-state index in [0.717, 1.165) is 17.5 Å². The minimum absolute atomic E-state index is 0.0900. The van der Waals surface area contributed by atoms with Gasteiger partial charge in [0.15, 0.2) is 0 Å². The van der Waals surface area contributed by atoms with E-state index in [4.69, 9.17) is 0 Å². The van der Waals surface area contributed by atoms with E-state index < -0.39 is 0 Å². The van der Waals surface area contributed by atoms with E-state index in [1.165, 1.54) is 0 Å². The molecule has 0 N–H and O–H groups in total. The van der Waals surface area contributed by atoms with E-state index in [1.807, 2.05) is 12.1 Å². The Bertz CT molecular complexity index is 266. The lowest BCUT2D eigenvalue weighted by Crippen LogP contribution is -1.93. The molecule has 1 atom stereocenters. The smallest absolute Gasteiger partial charge is 0.126 e. The van der Waals surface area contributed by atoms with E-state index in [2.05, 4.69) is 13.8 Å². The summed E-state index contributed by atoms with van der Waals surface area (Å²) in [5.41, 5.74) is 1.82. The van der Waals surface area contributed by atoms with Gasteiger partial charge >= 0.3 is 0 Å². The maximum absolute atomic E-state index is 13.1. The van der Waals surface area contributed by atoms with Gasteiger partial charge in [-0.1, -0.05) is 26.0 Å². The Balaban J connectivity index is 2.96. The van der Waals surface area contributed by atoms with Gasteiger partial charge in [0.25, 0.3) is 0 Å². The molecule has 1 rings (SSSR count). The molecule has 0 aliphatic heterocycles. The molecule has 1 aromatic carbocycles. The first kappa shape index (κ1) is 9.24. The van der Waals surface area contributed by atoms with Crippen molar-refractivity contribution in [1.29, 1.82) is 0 Å². The molecule has 0 nitrogen and oxygen atoms in total. The normalized spacial score (nSPS) is 13.0. The van der Waals surface area contributed by atoms with E-state index in [-0.39, 0.29) is 5.82 Å². The molecular formula is C11H15F. The van der Waals surface area contributed by atoms with E-state index in [9.17, 15) is 4.39 Å². The molecule has 0 aliphatic rings. The second-order valence-electron chi connectivity index (χ2n) is 3.32. The Morgan fingerprint density at radius 3 is 2.58 bits per heavy atom. The summed E-state index contributed by atoms with van der Waals surface area (Å²) in [6.45, 7) is 6.02. The van der Waals surface area contributed by atoms with Crippen molar-refractivity contribution in [2.24, 2.45) is 0 Å². The third-order valence-electron chi connectivity index (χ3n) is 2.38. The van der Waals surface area contributed by atoms with Crippen LogP contribution in [0.2, 0.25) is 0 Å². The number of halogens is 1. The van der Waals surface area contributed by atoms with Crippen LogP contribution in [0.15, 0.2) is 18.2 Å². The largest absolute Gasteiger partial charge is 0.207 e. The molecule has 0 fully saturated rings. The van der Waals surface area contributed by atoms with Crippen molar-refractivity contribution in [1.82, 2.24) is 0 Å². The van der Waals surface area contributed by atoms with Crippen LogP contribution in [0.4, 0.5) is 4.39 Å². The topological polar surface area (TPSA) is 0 Å². The van der Waals surface area contributed by atoms with Crippen molar-refractivity contribution >= 4 is 0 Å². The van der Waals surface area contributed by atoms with Crippen LogP contribution < -0.4 is 0 Å². The molecule has 0 amide bonds. The first-order valence-electron chi connectivity index (χ1n) is 4.41. The summed E-state index contributed by atoms with van der Waals surface area (Å²) >= 11 is 0. The average molecular weight is 166 g/mol. The minimum atomic E-state index is -0.0900. The number of hydrogen-bond donors (Lipinski definition) is 0. The highest BCUT2D eigenvalue weighted by molar-refractivity contribution is 5.25. The first-order chi connectivity index (χ1) is 5.65. The third-order valence-corrected chi connectivity index (χ3v) is 2.38. The van der Waals surface area contributed by atoms with E-state index in [1.54, 1.807) is 13.0 Å². The maximum atomic E-state index is 13.1. The van der Waals surface area contributed by atoms with Gasteiger partial charge in [-0.2, -0.15) is 0 Å². The molecule has 0 radical (unpaired) electrons. The molecule has 0 aromatic heterocycles. The zero-order valence-electron chi connectivity index (χ0n) is 7.89. The van der Waals surface area contributed by atoms with Crippen molar-refractivity contribution in [3.05, 3.63) is 35.1 Å². The van der Waals surface area contributed by atoms with Crippen molar-refractivity contribution < 1.29 is 4.39 Å². The molecule has 0 aliphatic carbocycles. The van der Waals surface area contributed by atoms with Crippen molar-refractivity contribution in [3.63, 3.8) is 0 Å². The fourth-order valence-corrected chi connectivity index (χ4v) is 1.15. The average Bonchev–Trinajstić information content (AvgIpc) is 2.08. The van der Waals surface area contributed by atoms with Crippen LogP contribution in [-0.2, 0) is 0 Å². The Kier molecular flexibility index (Phi) is 2.85. The van der Waals surface area contributed by atoms with Crippen LogP contribution in [0.3, 0.4) is 0 Å². The van der Waals surface area contributed by atoms with Gasteiger partial charge in [0.2, 0.25) is 0 Å². The van der Waals surface area contributed by atoms with Gasteiger partial charge in [-0.3, -0.25) is 0 Å². The van der Waals surface area contributed by atoms with Crippen LogP contribution in [0.1, 0.15) is 37.3 Å². The lowest BCUT2D eigenvalue weighted by Gasteiger charge is -2.09. The van der Waals surface area contributed by atoms with Gasteiger partial charge in [0, 0.05) is 0 Å². The molecule has 0 saturated carbocycles. The molecule has 12 heavy (non-hydrogen) atoms. The molecular weight excluding hydrogens is 151 g/mol. The summed E-state index contributed by atoms with van der Waals surface area (Å²) in [6, 6.07) is 5.49. The Morgan fingerprint density at radius 2 is 2.08 bits per heavy atom. The molecule has 0 saturated heterocycles. The highest BCUT2D eigenvalue weighted by Crippen LogP contribution is 2.20. The summed E-state index contributed by atoms with van der Waals surface area (Å²) in [5, 5.41) is 0. The minimum Gasteiger partial charge on any atom is -0.207 e. The van der Waals surface area contributed by atoms with Gasteiger partial charge in [-0.05, 0) is 36.5 Å². The summed E-state index contributed by atoms with van der Waals surface area (Å²) in [7, 11) is 0. The van der Waals surface area contributed by atoms with Gasteiger partial charge in [0.05, 0.1) is 0 Å². The van der Waals surface area contributed by atoms with Crippen LogP contribution in [0.25, 0.3) is 0 Å². The molecule has 1 aromatic rings. The lowest BCUT2D eigenvalue weighted by atomic mass is 9.98. The molecule has 0 spiro atoms. The zero-order chi connectivity index (χ0) is 9.14. The Hall–Kier alpha value is -0.850. The lowest BCUT2D eigenvalue weighted by molar-refractivity contribution is 0.611. The fourth-order valence-electron chi connectivity index (χ4n) is 1.15. The number of benzene rings is 1. The van der Waals surface area contributed by atoms with Crippen molar-refractivity contribution in [2.75, 3.05) is 0 Å². The Labute approximate surface area is 73.4 Å². The zero-order valence-corrected chi connectivity index (χ0v) is 7.89. The second-order valence-corrected chi connectivity index (χ2v) is 3.32. The van der Waals surface area contributed by atoms with Gasteiger partial charge in [0.1, 0.15) is 5.82 Å². The first-order valence-corrected chi connectivity index (χ1v) is 4.41. The summed E-state index contributed by atoms with van der Waals surface area (Å²) < 4.78 is 13.1. The number of rotatable bonds is 2. The summed E-state index contributed by atoms with van der Waals surface area (Å²) in [5.74, 6) is 0.368. The molecule has 1 heteroatoms. The molecule has 0 bridgehead atoms. The molecule has 66 valence electrons. The second kappa shape index (κ2) is 3.70. The monoisotopic (exact) mass is 166 g/mol. The predicted octanol–water partition coefficient (Wildman–Crippen LogP) is 3.65. The summed E-state index contributed by atoms with van der Waals surface area (Å²) in [6.07, 6.45) is 1.06. The van der Waals surface area contributed by atoms with Crippen LogP contribution >= 0.6 is 0 Å². The van der Waals surface area contributed by atoms with E-state index >= 15 is 0 Å². The molecule has 0 unspecified atom stereocenters. The van der Waals surface area contributed by atoms with E-state index in [0.29, 0.717) is 5.92 Å². The van der Waals surface area contributed by atoms with Crippen molar-refractivity contribution in [3.8, 4) is 0 Å². The highest BCUT2D eigenvalue weighted by atomic mass is 19.1. The van der Waals surface area contributed by atoms with Gasteiger partial charge in [-0.15, -0.1) is 0 Å². The Morgan fingerprint density at radius 1 is 1.42 bits per heavy atom. The SMILES string of the molecule is CC[C@@H](C)c1ccc(C)c(F)c1. The molecule has 0 heterocycles. The van der Waals surface area contributed by atoms with Crippen LogP contribution in [0, 0.1) is 12.7 Å². The van der Waals surface area contributed by atoms with Crippen LogP contribution in [0.5, 0.6) is 0 Å². The highest BCUT2D eigenvalue weighted by Gasteiger charge is 2.04. The van der Waals surface area contributed by atoms with Crippen LogP contribution in [-0.4, -0.2) is 0 Å². The predicted molar refractivity (Wildman–Crippen MR) is 49.8 cm³/mol. The fraction of sp³-hybridized carbons (Fsp3) is 0.455. The standard InChI is InChI=1S/C11H15F/c1-4-8(2)10-6-5-9(3)11(12)7-10/h5-8H,4H2,1-3H3/t8-/m1/s1. The van der Waals surface area contributed by atoms with Gasteiger partial charge < -0.3 is 0 Å². The van der Waals surface area contributed by atoms with Crippen molar-refractivity contribution in [2.45, 2.75) is 33.1 Å². The quantitative estimate of drug-likeness (QED) is 0.629. The number of aryl methyl sites for hydroxylation is 1. The summed E-state index contributed by atoms with van der Waals surface area (Å²) in [4.78, 5) is 0. The third kappa shape index (κ3) is 1.84.